The lowest BCUT2D eigenvalue weighted by Gasteiger charge is -2.15. The molecule has 0 heterocycles. The van der Waals surface area contributed by atoms with Crippen LogP contribution in [0.5, 0.6) is 5.75 Å². The molecule has 0 aliphatic rings. The summed E-state index contributed by atoms with van der Waals surface area (Å²) < 4.78 is 40.3. The van der Waals surface area contributed by atoms with Crippen molar-refractivity contribution in [2.24, 2.45) is 0 Å². The van der Waals surface area contributed by atoms with Gasteiger partial charge >= 0.3 is 12.3 Å². The van der Waals surface area contributed by atoms with Gasteiger partial charge < -0.3 is 9.84 Å². The molecule has 18 heavy (non-hydrogen) atoms. The Morgan fingerprint density at radius 2 is 2.11 bits per heavy atom. The predicted molar refractivity (Wildman–Crippen MR) is 62.3 cm³/mol. The zero-order valence-corrected chi connectivity index (χ0v) is 10.6. The first-order valence-electron chi connectivity index (χ1n) is 4.55. The lowest BCUT2D eigenvalue weighted by Crippen LogP contribution is -2.18. The molecule has 0 aliphatic carbocycles. The standard InChI is InChI=1S/C10H8ClF3O3S/c1-18-4-6-7(17-10(12,13)14)3-2-5(8(6)11)9(15)16/h2-3H,4H2,1H3,(H,15,16). The van der Waals surface area contributed by atoms with Crippen LogP contribution in [0.4, 0.5) is 13.2 Å². The van der Waals surface area contributed by atoms with Crippen molar-refractivity contribution >= 4 is 29.3 Å². The lowest BCUT2D eigenvalue weighted by atomic mass is 10.1. The van der Waals surface area contributed by atoms with Gasteiger partial charge in [-0.2, -0.15) is 11.8 Å². The summed E-state index contributed by atoms with van der Waals surface area (Å²) in [4.78, 5) is 10.8. The summed E-state index contributed by atoms with van der Waals surface area (Å²) in [5, 5.41) is 8.59. The average molecular weight is 301 g/mol. The Kier molecular flexibility index (Phi) is 4.75. The summed E-state index contributed by atoms with van der Waals surface area (Å²) in [6.07, 6.45) is -3.19. The maximum atomic E-state index is 12.2. The fraction of sp³-hybridized carbons (Fsp3) is 0.300. The number of benzene rings is 1. The Morgan fingerprint density at radius 3 is 2.56 bits per heavy atom. The van der Waals surface area contributed by atoms with Crippen molar-refractivity contribution in [3.05, 3.63) is 28.3 Å². The van der Waals surface area contributed by atoms with Crippen LogP contribution in [-0.2, 0) is 5.75 Å². The molecule has 1 aromatic carbocycles. The summed E-state index contributed by atoms with van der Waals surface area (Å²) >= 11 is 6.98. The Hall–Kier alpha value is -1.08. The highest BCUT2D eigenvalue weighted by atomic mass is 35.5. The van der Waals surface area contributed by atoms with Crippen molar-refractivity contribution in [2.45, 2.75) is 12.1 Å². The van der Waals surface area contributed by atoms with Crippen molar-refractivity contribution in [1.29, 1.82) is 0 Å². The Morgan fingerprint density at radius 1 is 1.50 bits per heavy atom. The second-order valence-corrected chi connectivity index (χ2v) is 4.43. The molecule has 1 rings (SSSR count). The molecule has 0 saturated carbocycles. The number of carboxylic acid groups (broad SMARTS) is 1. The number of alkyl halides is 3. The first-order valence-corrected chi connectivity index (χ1v) is 6.32. The van der Waals surface area contributed by atoms with Crippen molar-refractivity contribution in [2.75, 3.05) is 6.26 Å². The zero-order valence-electron chi connectivity index (χ0n) is 9.05. The van der Waals surface area contributed by atoms with Gasteiger partial charge in [0, 0.05) is 11.3 Å². The molecule has 100 valence electrons. The summed E-state index contributed by atoms with van der Waals surface area (Å²) in [5.41, 5.74) is -0.239. The first-order chi connectivity index (χ1) is 8.26. The monoisotopic (exact) mass is 300 g/mol. The summed E-state index contributed by atoms with van der Waals surface area (Å²) in [5.74, 6) is -1.67. The van der Waals surface area contributed by atoms with Gasteiger partial charge in [0.15, 0.2) is 0 Å². The van der Waals surface area contributed by atoms with Crippen LogP contribution in [-0.4, -0.2) is 23.7 Å². The second-order valence-electron chi connectivity index (χ2n) is 3.19. The number of carboxylic acids is 1. The summed E-state index contributed by atoms with van der Waals surface area (Å²) in [6, 6.07) is 1.93. The van der Waals surface area contributed by atoms with E-state index in [2.05, 4.69) is 4.74 Å². The molecule has 1 N–H and O–H groups in total. The third-order valence-electron chi connectivity index (χ3n) is 1.94. The van der Waals surface area contributed by atoms with E-state index in [1.807, 2.05) is 0 Å². The Bertz CT molecular complexity index is 462. The van der Waals surface area contributed by atoms with E-state index in [4.69, 9.17) is 16.7 Å². The fourth-order valence-corrected chi connectivity index (χ4v) is 2.23. The van der Waals surface area contributed by atoms with Crippen LogP contribution in [0.25, 0.3) is 0 Å². The van der Waals surface area contributed by atoms with E-state index in [1.165, 1.54) is 11.8 Å². The number of carbonyl (C=O) groups is 1. The minimum Gasteiger partial charge on any atom is -0.478 e. The first kappa shape index (κ1) is 15.0. The molecule has 1 aromatic rings. The lowest BCUT2D eigenvalue weighted by molar-refractivity contribution is -0.274. The molecular formula is C10H8ClF3O3S. The maximum absolute atomic E-state index is 12.2. The summed E-state index contributed by atoms with van der Waals surface area (Å²) in [6.45, 7) is 0. The number of thioether (sulfide) groups is 1. The molecule has 0 radical (unpaired) electrons. The minimum absolute atomic E-state index is 0.0152. The summed E-state index contributed by atoms with van der Waals surface area (Å²) in [7, 11) is 0. The van der Waals surface area contributed by atoms with Crippen molar-refractivity contribution in [3.63, 3.8) is 0 Å². The van der Waals surface area contributed by atoms with Crippen LogP contribution in [0.15, 0.2) is 12.1 Å². The average Bonchev–Trinajstić information content (AvgIpc) is 2.21. The number of aromatic carboxylic acids is 1. The molecule has 0 fully saturated rings. The van der Waals surface area contributed by atoms with Crippen molar-refractivity contribution in [1.82, 2.24) is 0 Å². The highest BCUT2D eigenvalue weighted by Crippen LogP contribution is 2.35. The maximum Gasteiger partial charge on any atom is 0.573 e. The smallest absolute Gasteiger partial charge is 0.478 e. The Balaban J connectivity index is 3.27. The molecule has 0 aromatic heterocycles. The molecule has 0 spiro atoms. The normalized spacial score (nSPS) is 11.4. The van der Waals surface area contributed by atoms with Gasteiger partial charge in [0.2, 0.25) is 0 Å². The topological polar surface area (TPSA) is 46.5 Å². The molecule has 0 saturated heterocycles. The third-order valence-corrected chi connectivity index (χ3v) is 2.95. The fourth-order valence-electron chi connectivity index (χ4n) is 1.27. The molecule has 0 atom stereocenters. The van der Waals surface area contributed by atoms with Gasteiger partial charge in [0.1, 0.15) is 5.75 Å². The number of ether oxygens (including phenoxy) is 1. The molecule has 0 aliphatic heterocycles. The van der Waals surface area contributed by atoms with Crippen LogP contribution in [0.1, 0.15) is 15.9 Å². The SMILES string of the molecule is CSCc1c(OC(F)(F)F)ccc(C(=O)O)c1Cl. The van der Waals surface area contributed by atoms with E-state index < -0.39 is 18.1 Å². The molecule has 8 heteroatoms. The number of rotatable bonds is 4. The van der Waals surface area contributed by atoms with E-state index in [-0.39, 0.29) is 21.9 Å². The number of hydrogen-bond acceptors (Lipinski definition) is 3. The second kappa shape index (κ2) is 5.71. The quantitative estimate of drug-likeness (QED) is 0.918. The van der Waals surface area contributed by atoms with Crippen molar-refractivity contribution < 1.29 is 27.8 Å². The molecule has 0 unspecified atom stereocenters. The van der Waals surface area contributed by atoms with Gasteiger partial charge in [-0.05, 0) is 18.4 Å². The van der Waals surface area contributed by atoms with Gasteiger partial charge in [0.25, 0.3) is 0 Å². The van der Waals surface area contributed by atoms with Crippen LogP contribution >= 0.6 is 23.4 Å². The van der Waals surface area contributed by atoms with Crippen LogP contribution in [0.3, 0.4) is 0 Å². The molecule has 0 amide bonds. The van der Waals surface area contributed by atoms with E-state index in [1.54, 1.807) is 6.26 Å². The van der Waals surface area contributed by atoms with Gasteiger partial charge in [-0.15, -0.1) is 13.2 Å². The highest BCUT2D eigenvalue weighted by molar-refractivity contribution is 7.97. The van der Waals surface area contributed by atoms with E-state index in [9.17, 15) is 18.0 Å². The number of hydrogen-bond donors (Lipinski definition) is 1. The van der Waals surface area contributed by atoms with Crippen LogP contribution < -0.4 is 4.74 Å². The number of halogens is 4. The minimum atomic E-state index is -4.85. The van der Waals surface area contributed by atoms with Crippen molar-refractivity contribution in [3.8, 4) is 5.75 Å². The zero-order chi connectivity index (χ0) is 13.9. The third kappa shape index (κ3) is 3.71. The van der Waals surface area contributed by atoms with Crippen LogP contribution in [0, 0.1) is 0 Å². The van der Waals surface area contributed by atoms with Crippen LogP contribution in [0.2, 0.25) is 5.02 Å². The molecular weight excluding hydrogens is 293 g/mol. The molecule has 3 nitrogen and oxygen atoms in total. The van der Waals surface area contributed by atoms with E-state index >= 15 is 0 Å². The van der Waals surface area contributed by atoms with Gasteiger partial charge in [-0.1, -0.05) is 11.6 Å². The van der Waals surface area contributed by atoms with E-state index in [0.29, 0.717) is 0 Å². The Labute approximate surface area is 110 Å². The van der Waals surface area contributed by atoms with Gasteiger partial charge in [0.05, 0.1) is 10.6 Å². The van der Waals surface area contributed by atoms with Gasteiger partial charge in [-0.25, -0.2) is 4.79 Å². The predicted octanol–water partition coefficient (Wildman–Crippen LogP) is 3.80. The van der Waals surface area contributed by atoms with Gasteiger partial charge in [-0.3, -0.25) is 0 Å². The van der Waals surface area contributed by atoms with E-state index in [0.717, 1.165) is 12.1 Å². The largest absolute Gasteiger partial charge is 0.573 e. The highest BCUT2D eigenvalue weighted by Gasteiger charge is 2.33. The molecule has 0 bridgehead atoms.